The molecule has 17 heteroatoms. The molecule has 0 saturated heterocycles. The van der Waals surface area contributed by atoms with Gasteiger partial charge in [0.2, 0.25) is 10.0 Å². The summed E-state index contributed by atoms with van der Waals surface area (Å²) in [6, 6.07) is -0.0654. The van der Waals surface area contributed by atoms with Gasteiger partial charge in [0.05, 0.1) is 6.26 Å². The van der Waals surface area contributed by atoms with Crippen LogP contribution in [-0.4, -0.2) is 68.0 Å². The number of urea groups is 1. The monoisotopic (exact) mass is 892 g/mol. The van der Waals surface area contributed by atoms with Crippen LogP contribution in [0.1, 0.15) is 136 Å². The number of hydrogen-bond donors (Lipinski definition) is 6. The molecule has 0 fully saturated rings. The van der Waals surface area contributed by atoms with Crippen molar-refractivity contribution in [3.05, 3.63) is 45.1 Å². The third kappa shape index (κ3) is 17.7. The van der Waals surface area contributed by atoms with E-state index in [-0.39, 0.29) is 23.8 Å². The van der Waals surface area contributed by atoms with Crippen LogP contribution in [0.4, 0.5) is 4.79 Å². The van der Waals surface area contributed by atoms with E-state index in [4.69, 9.17) is 0 Å². The number of nitrogens with one attached hydrogen (secondary N) is 6. The van der Waals surface area contributed by atoms with Gasteiger partial charge in [-0.25, -0.2) is 13.2 Å². The maximum atomic E-state index is 11.8. The first kappa shape index (κ1) is 54.4. The summed E-state index contributed by atoms with van der Waals surface area (Å²) >= 11 is 0. The van der Waals surface area contributed by atoms with Gasteiger partial charge >= 0.3 is 6.03 Å². The summed E-state index contributed by atoms with van der Waals surface area (Å²) in [5.74, 6) is 2.76. The molecule has 0 saturated carbocycles. The van der Waals surface area contributed by atoms with Crippen molar-refractivity contribution in [3.8, 4) is 0 Å². The van der Waals surface area contributed by atoms with E-state index in [0.717, 1.165) is 60.6 Å². The first-order chi connectivity index (χ1) is 26.9. The van der Waals surface area contributed by atoms with Crippen molar-refractivity contribution in [2.45, 2.75) is 136 Å². The molecule has 0 aromatic carbocycles. The van der Waals surface area contributed by atoms with Gasteiger partial charge in [-0.1, -0.05) is 111 Å². The zero-order chi connectivity index (χ0) is 45.8. The molecule has 0 atom stereocenters. The van der Waals surface area contributed by atoms with Crippen molar-refractivity contribution in [1.29, 1.82) is 0 Å². The zero-order valence-electron chi connectivity index (χ0n) is 39.3. The van der Waals surface area contributed by atoms with Crippen molar-refractivity contribution >= 4 is 36.5 Å². The van der Waals surface area contributed by atoms with Gasteiger partial charge in [-0.05, 0) is 95.3 Å². The lowest BCUT2D eigenvalue weighted by Crippen LogP contribution is -2.44. The Hall–Kier alpha value is -2.60. The van der Waals surface area contributed by atoms with E-state index in [0.29, 0.717) is 49.2 Å². The standard InChI is InChI=1S/C12H23NO2S.C11H20N2O.C10H20N2O2S.C9H18N2O2S/c1-9(2)11-7-6-8-13(16(5,14)15)12(11)10(3)4;1-7(2)9-5-6-12-11(14)13-10(9)8(3)4;1-7(2)9-5-6-11-15(13,14)12-10(9)8(3)4;1-6(2)8-5-10-14(12,13)11-9(8)7(3)4/h9-10H,6-8H2,1-5H3;7-8H,5-6H2,1-4H3,(H2,12,13,14);7-8,11-12H,5-6H2,1-4H3;6-7,10-11H,5H2,1-4H3. The molecule has 0 aliphatic carbocycles. The molecule has 6 N–H and O–H groups in total. The minimum Gasteiger partial charge on any atom is -0.338 e. The van der Waals surface area contributed by atoms with Crippen molar-refractivity contribution in [2.75, 3.05) is 32.4 Å². The highest BCUT2D eigenvalue weighted by Crippen LogP contribution is 2.34. The molecular weight excluding hydrogens is 811 g/mol. The largest absolute Gasteiger partial charge is 0.338 e. The van der Waals surface area contributed by atoms with E-state index in [1.165, 1.54) is 23.0 Å². The summed E-state index contributed by atoms with van der Waals surface area (Å²) in [4.78, 5) is 11.3. The van der Waals surface area contributed by atoms with Crippen LogP contribution in [0.25, 0.3) is 0 Å². The maximum absolute atomic E-state index is 11.8. The third-order valence-corrected chi connectivity index (χ3v) is 13.7. The third-order valence-electron chi connectivity index (χ3n) is 10.5. The highest BCUT2D eigenvalue weighted by molar-refractivity contribution is 7.88. The molecule has 0 radical (unpaired) electrons. The molecule has 0 aromatic rings. The molecular formula is C42H81N7O7S3. The lowest BCUT2D eigenvalue weighted by atomic mass is 9.89. The van der Waals surface area contributed by atoms with Gasteiger partial charge in [-0.3, -0.25) is 13.7 Å². The summed E-state index contributed by atoms with van der Waals surface area (Å²) in [7, 11) is -9.75. The van der Waals surface area contributed by atoms with E-state index in [1.807, 2.05) is 27.7 Å². The molecule has 0 spiro atoms. The molecule has 344 valence electrons. The van der Waals surface area contributed by atoms with Gasteiger partial charge in [0.1, 0.15) is 0 Å². The SMILES string of the molecule is CC(C)C1=C(C(C)C)N(S(C)(=O)=O)CCC1.CC(C)C1=C(C(C)C)NC(=O)NCC1.CC(C)C1=C(C(C)C)NS(=O)(=O)NC1.CC(C)C1=C(C(C)C)NS(=O)(=O)NCC1. The second kappa shape index (κ2) is 23.6. The molecule has 0 unspecified atom stereocenters. The maximum Gasteiger partial charge on any atom is 0.318 e. The molecule has 0 aromatic heterocycles. The van der Waals surface area contributed by atoms with Crippen LogP contribution in [0.5, 0.6) is 0 Å². The van der Waals surface area contributed by atoms with Gasteiger partial charge in [-0.2, -0.15) is 26.3 Å². The predicted octanol–water partition coefficient (Wildman–Crippen LogP) is 7.23. The number of sulfonamides is 1. The minimum absolute atomic E-state index is 0.0654. The van der Waals surface area contributed by atoms with Crippen molar-refractivity contribution < 1.29 is 30.0 Å². The molecule has 0 bridgehead atoms. The molecule has 4 heterocycles. The Bertz CT molecular complexity index is 1870. The smallest absolute Gasteiger partial charge is 0.318 e. The van der Waals surface area contributed by atoms with Crippen LogP contribution < -0.4 is 29.5 Å². The van der Waals surface area contributed by atoms with Crippen molar-refractivity contribution in [2.24, 2.45) is 47.3 Å². The summed E-state index contributed by atoms with van der Waals surface area (Å²) in [5, 5.41) is 5.76. The first-order valence-corrected chi connectivity index (χ1v) is 26.2. The van der Waals surface area contributed by atoms with E-state index in [9.17, 15) is 30.0 Å². The normalized spacial score (nSPS) is 20.1. The van der Waals surface area contributed by atoms with Crippen LogP contribution >= 0.6 is 0 Å². The number of allylic oxidation sites excluding steroid dienone is 5. The van der Waals surface area contributed by atoms with Gasteiger partial charge in [0, 0.05) is 49.0 Å². The van der Waals surface area contributed by atoms with Crippen LogP contribution in [0.15, 0.2) is 45.1 Å². The average molecular weight is 892 g/mol. The molecule has 14 nitrogen and oxygen atoms in total. The fraction of sp³-hybridized carbons (Fsp3) is 0.786. The number of nitrogens with zero attached hydrogens (tertiary/aromatic N) is 1. The Labute approximate surface area is 360 Å². The fourth-order valence-electron chi connectivity index (χ4n) is 7.52. The van der Waals surface area contributed by atoms with Crippen LogP contribution in [-0.2, 0) is 30.4 Å². The Morgan fingerprint density at radius 3 is 1.37 bits per heavy atom. The van der Waals surface area contributed by atoms with E-state index in [2.05, 4.69) is 113 Å². The van der Waals surface area contributed by atoms with Crippen LogP contribution in [0.2, 0.25) is 0 Å². The van der Waals surface area contributed by atoms with Crippen molar-refractivity contribution in [3.63, 3.8) is 0 Å². The van der Waals surface area contributed by atoms with Crippen LogP contribution in [0, 0.1) is 47.3 Å². The van der Waals surface area contributed by atoms with Crippen molar-refractivity contribution in [1.82, 2.24) is 33.8 Å². The molecule has 4 aliphatic rings. The molecule has 4 aliphatic heterocycles. The Kier molecular flexibility index (Phi) is 21.7. The van der Waals surface area contributed by atoms with Gasteiger partial charge in [-0.15, -0.1) is 0 Å². The number of hydrogen-bond acceptors (Lipinski definition) is 7. The summed E-state index contributed by atoms with van der Waals surface area (Å²) in [5.41, 5.74) is 8.88. The second-order valence-electron chi connectivity index (χ2n) is 18.2. The number of rotatable bonds is 9. The Balaban J connectivity index is 0.000000394. The highest BCUT2D eigenvalue weighted by Gasteiger charge is 2.30. The van der Waals surface area contributed by atoms with E-state index >= 15 is 0 Å². The van der Waals surface area contributed by atoms with E-state index < -0.39 is 30.4 Å². The van der Waals surface area contributed by atoms with Gasteiger partial charge < -0.3 is 10.6 Å². The average Bonchev–Trinajstić information content (AvgIpc) is 3.40. The quantitative estimate of drug-likeness (QED) is 0.141. The lowest BCUT2D eigenvalue weighted by Gasteiger charge is -2.35. The summed E-state index contributed by atoms with van der Waals surface area (Å²) < 4.78 is 80.9. The van der Waals surface area contributed by atoms with E-state index in [1.54, 1.807) is 4.31 Å². The zero-order valence-corrected chi connectivity index (χ0v) is 41.8. The highest BCUT2D eigenvalue weighted by atomic mass is 32.2. The molecule has 2 amide bonds. The van der Waals surface area contributed by atoms with Crippen LogP contribution in [0.3, 0.4) is 0 Å². The van der Waals surface area contributed by atoms with Gasteiger partial charge in [0.25, 0.3) is 20.4 Å². The summed E-state index contributed by atoms with van der Waals surface area (Å²) in [6.07, 6.45) is 5.04. The Morgan fingerprint density at radius 2 is 0.949 bits per heavy atom. The number of carbonyl (C=O) groups excluding carboxylic acids is 1. The second-order valence-corrected chi connectivity index (χ2v) is 23.1. The number of carbonyl (C=O) groups is 1. The topological polar surface area (TPSA) is 195 Å². The predicted molar refractivity (Wildman–Crippen MR) is 243 cm³/mol. The minimum atomic E-state index is -3.34. The fourth-order valence-corrected chi connectivity index (χ4v) is 10.8. The summed E-state index contributed by atoms with van der Waals surface area (Å²) in [6.45, 7) is 35.6. The molecule has 59 heavy (non-hydrogen) atoms. The molecule has 4 rings (SSSR count). The Morgan fingerprint density at radius 1 is 0.525 bits per heavy atom. The first-order valence-electron chi connectivity index (χ1n) is 21.4. The van der Waals surface area contributed by atoms with Gasteiger partial charge in [0.15, 0.2) is 0 Å². The number of amides is 2. The lowest BCUT2D eigenvalue weighted by molar-refractivity contribution is 0.243.